The summed E-state index contributed by atoms with van der Waals surface area (Å²) in [5.41, 5.74) is 2.35. The molecule has 2 aromatic rings. The first-order valence-corrected chi connectivity index (χ1v) is 7.73. The molecular weight excluding hydrogens is 328 g/mol. The van der Waals surface area contributed by atoms with Crippen LogP contribution in [0.1, 0.15) is 17.0 Å². The number of aryl methyl sites for hydroxylation is 2. The Morgan fingerprint density at radius 2 is 1.80 bits per heavy atom. The number of carbonyl (C=O) groups excluding carboxylic acids is 2. The van der Waals surface area contributed by atoms with Gasteiger partial charge in [0.2, 0.25) is 0 Å². The van der Waals surface area contributed by atoms with Gasteiger partial charge in [0.25, 0.3) is 6.43 Å². The number of aromatic nitrogens is 1. The van der Waals surface area contributed by atoms with Gasteiger partial charge in [0.05, 0.1) is 17.9 Å². The lowest BCUT2D eigenvalue weighted by molar-refractivity contribution is -0.144. The van der Waals surface area contributed by atoms with E-state index >= 15 is 0 Å². The van der Waals surface area contributed by atoms with Crippen molar-refractivity contribution < 1.29 is 18.4 Å². The molecule has 0 aliphatic heterocycles. The molecule has 132 valence electrons. The summed E-state index contributed by atoms with van der Waals surface area (Å²) >= 11 is 0. The molecule has 0 aliphatic rings. The standard InChI is InChI=1S/C18H19F2N3O2/c1-12-8-9-15(13(2)21-12)22-17(24)18(25)23(11-16(19)20)10-14-6-4-3-5-7-14/h3-9,16H,10-11H2,1-2H3,(H,22,24). The molecule has 2 amide bonds. The second-order valence-corrected chi connectivity index (χ2v) is 5.60. The number of halogens is 2. The van der Waals surface area contributed by atoms with Crippen LogP contribution in [-0.4, -0.2) is 34.7 Å². The molecule has 0 radical (unpaired) electrons. The molecule has 0 unspecified atom stereocenters. The zero-order valence-corrected chi connectivity index (χ0v) is 14.0. The molecule has 0 bridgehead atoms. The van der Waals surface area contributed by atoms with Crippen LogP contribution in [0.3, 0.4) is 0 Å². The Labute approximate surface area is 144 Å². The predicted molar refractivity (Wildman–Crippen MR) is 90.2 cm³/mol. The van der Waals surface area contributed by atoms with Gasteiger partial charge in [-0.1, -0.05) is 30.3 Å². The van der Waals surface area contributed by atoms with Gasteiger partial charge in [0.1, 0.15) is 0 Å². The van der Waals surface area contributed by atoms with Gasteiger partial charge in [-0.15, -0.1) is 0 Å². The normalized spacial score (nSPS) is 10.6. The second kappa shape index (κ2) is 8.32. The fraction of sp³-hybridized carbons (Fsp3) is 0.278. The molecule has 1 aromatic carbocycles. The topological polar surface area (TPSA) is 62.3 Å². The Morgan fingerprint density at radius 3 is 2.40 bits per heavy atom. The molecule has 2 rings (SSSR count). The van der Waals surface area contributed by atoms with Gasteiger partial charge in [-0.25, -0.2) is 8.78 Å². The monoisotopic (exact) mass is 347 g/mol. The van der Waals surface area contributed by atoms with Gasteiger partial charge in [-0.05, 0) is 31.5 Å². The van der Waals surface area contributed by atoms with E-state index < -0.39 is 24.8 Å². The number of rotatable bonds is 5. The van der Waals surface area contributed by atoms with E-state index in [0.717, 1.165) is 10.6 Å². The van der Waals surface area contributed by atoms with Crippen LogP contribution in [0.15, 0.2) is 42.5 Å². The minimum absolute atomic E-state index is 0.0669. The van der Waals surface area contributed by atoms with Gasteiger partial charge in [-0.3, -0.25) is 14.6 Å². The van der Waals surface area contributed by atoms with Gasteiger partial charge in [0.15, 0.2) is 0 Å². The molecule has 5 nitrogen and oxygen atoms in total. The highest BCUT2D eigenvalue weighted by Gasteiger charge is 2.25. The summed E-state index contributed by atoms with van der Waals surface area (Å²) in [5, 5.41) is 2.44. The van der Waals surface area contributed by atoms with Crippen LogP contribution in [0.4, 0.5) is 14.5 Å². The van der Waals surface area contributed by atoms with Crippen LogP contribution < -0.4 is 5.32 Å². The molecule has 0 saturated heterocycles. The Kier molecular flexibility index (Phi) is 6.16. The summed E-state index contributed by atoms with van der Waals surface area (Å²) in [4.78, 5) is 29.5. The minimum Gasteiger partial charge on any atom is -0.324 e. The number of hydrogen-bond donors (Lipinski definition) is 1. The van der Waals surface area contributed by atoms with E-state index in [1.54, 1.807) is 56.3 Å². The van der Waals surface area contributed by atoms with Gasteiger partial charge < -0.3 is 10.2 Å². The van der Waals surface area contributed by atoms with Crippen molar-refractivity contribution in [1.29, 1.82) is 0 Å². The lowest BCUT2D eigenvalue weighted by Crippen LogP contribution is -2.41. The lowest BCUT2D eigenvalue weighted by atomic mass is 10.2. The van der Waals surface area contributed by atoms with E-state index in [1.165, 1.54) is 0 Å². The number of alkyl halides is 2. The summed E-state index contributed by atoms with van der Waals surface area (Å²) in [6.07, 6.45) is -2.73. The fourth-order valence-electron chi connectivity index (χ4n) is 2.33. The van der Waals surface area contributed by atoms with Crippen LogP contribution in [0.25, 0.3) is 0 Å². The van der Waals surface area contributed by atoms with Crippen molar-refractivity contribution >= 4 is 17.5 Å². The average molecular weight is 347 g/mol. The van der Waals surface area contributed by atoms with Crippen LogP contribution in [-0.2, 0) is 16.1 Å². The maximum atomic E-state index is 12.8. The number of anilines is 1. The highest BCUT2D eigenvalue weighted by molar-refractivity contribution is 6.39. The smallest absolute Gasteiger partial charge is 0.313 e. The summed E-state index contributed by atoms with van der Waals surface area (Å²) in [6, 6.07) is 12.0. The van der Waals surface area contributed by atoms with Crippen LogP contribution >= 0.6 is 0 Å². The highest BCUT2D eigenvalue weighted by atomic mass is 19.3. The Bertz CT molecular complexity index is 751. The van der Waals surface area contributed by atoms with Gasteiger partial charge in [-0.2, -0.15) is 0 Å². The largest absolute Gasteiger partial charge is 0.324 e. The van der Waals surface area contributed by atoms with Crippen LogP contribution in [0, 0.1) is 13.8 Å². The van der Waals surface area contributed by atoms with E-state index in [9.17, 15) is 18.4 Å². The molecule has 0 aliphatic carbocycles. The van der Waals surface area contributed by atoms with Crippen molar-refractivity contribution in [3.8, 4) is 0 Å². The molecule has 25 heavy (non-hydrogen) atoms. The third kappa shape index (κ3) is 5.34. The fourth-order valence-corrected chi connectivity index (χ4v) is 2.33. The van der Waals surface area contributed by atoms with Crippen molar-refractivity contribution in [3.63, 3.8) is 0 Å². The number of nitrogens with one attached hydrogen (secondary N) is 1. The molecule has 1 heterocycles. The van der Waals surface area contributed by atoms with Crippen LogP contribution in [0.5, 0.6) is 0 Å². The number of carbonyl (C=O) groups is 2. The molecule has 0 spiro atoms. The van der Waals surface area contributed by atoms with Crippen LogP contribution in [0.2, 0.25) is 0 Å². The maximum absolute atomic E-state index is 12.8. The maximum Gasteiger partial charge on any atom is 0.313 e. The molecule has 0 atom stereocenters. The molecule has 0 fully saturated rings. The van der Waals surface area contributed by atoms with Crippen molar-refractivity contribution in [2.75, 3.05) is 11.9 Å². The third-order valence-electron chi connectivity index (χ3n) is 3.53. The number of pyridine rings is 1. The average Bonchev–Trinajstić information content (AvgIpc) is 2.56. The van der Waals surface area contributed by atoms with E-state index in [4.69, 9.17) is 0 Å². The van der Waals surface area contributed by atoms with E-state index in [0.29, 0.717) is 16.9 Å². The Morgan fingerprint density at radius 1 is 1.12 bits per heavy atom. The van der Waals surface area contributed by atoms with Gasteiger partial charge in [0, 0.05) is 12.2 Å². The van der Waals surface area contributed by atoms with Gasteiger partial charge >= 0.3 is 11.8 Å². The first kappa shape index (κ1) is 18.5. The first-order valence-electron chi connectivity index (χ1n) is 7.73. The molecule has 7 heteroatoms. The lowest BCUT2D eigenvalue weighted by Gasteiger charge is -2.22. The van der Waals surface area contributed by atoms with E-state index in [1.807, 2.05) is 0 Å². The van der Waals surface area contributed by atoms with Crippen molar-refractivity contribution in [3.05, 3.63) is 59.4 Å². The summed E-state index contributed by atoms with van der Waals surface area (Å²) < 4.78 is 25.6. The second-order valence-electron chi connectivity index (χ2n) is 5.60. The SMILES string of the molecule is Cc1ccc(NC(=O)C(=O)N(Cc2ccccc2)CC(F)F)c(C)n1. The van der Waals surface area contributed by atoms with E-state index in [2.05, 4.69) is 10.3 Å². The Balaban J connectivity index is 2.12. The molecular formula is C18H19F2N3O2. The van der Waals surface area contributed by atoms with E-state index in [-0.39, 0.29) is 6.54 Å². The van der Waals surface area contributed by atoms with Crippen molar-refractivity contribution in [2.45, 2.75) is 26.8 Å². The quantitative estimate of drug-likeness (QED) is 0.846. The summed E-state index contributed by atoms with van der Waals surface area (Å²) in [7, 11) is 0. The van der Waals surface area contributed by atoms with Crippen molar-refractivity contribution in [2.24, 2.45) is 0 Å². The predicted octanol–water partition coefficient (Wildman–Crippen LogP) is 2.93. The van der Waals surface area contributed by atoms with Crippen molar-refractivity contribution in [1.82, 2.24) is 9.88 Å². The summed E-state index contributed by atoms with van der Waals surface area (Å²) in [5.74, 6) is -1.98. The number of hydrogen-bond acceptors (Lipinski definition) is 3. The number of benzene rings is 1. The number of nitrogens with zero attached hydrogens (tertiary/aromatic N) is 2. The summed E-state index contributed by atoms with van der Waals surface area (Å²) in [6.45, 7) is 2.61. The highest BCUT2D eigenvalue weighted by Crippen LogP contribution is 2.14. The number of amides is 2. The zero-order chi connectivity index (χ0) is 18.4. The minimum atomic E-state index is -2.73. The Hall–Kier alpha value is -2.83. The molecule has 0 saturated carbocycles. The zero-order valence-electron chi connectivity index (χ0n) is 14.0. The first-order chi connectivity index (χ1) is 11.9. The third-order valence-corrected chi connectivity index (χ3v) is 3.53. The molecule has 1 aromatic heterocycles. The molecule has 1 N–H and O–H groups in total.